The minimum absolute atomic E-state index is 0.215. The van der Waals surface area contributed by atoms with E-state index >= 15 is 0 Å². The highest BCUT2D eigenvalue weighted by Crippen LogP contribution is 2.33. The second kappa shape index (κ2) is 5.48. The SMILES string of the molecule is CC(C)c1ccc(C(=NNC(N)=S)C2CC2)cc1. The fourth-order valence-corrected chi connectivity index (χ4v) is 1.95. The topological polar surface area (TPSA) is 50.4 Å². The van der Waals surface area contributed by atoms with E-state index in [0.717, 1.165) is 11.3 Å². The molecule has 18 heavy (non-hydrogen) atoms. The molecular formula is C14H19N3S. The number of benzene rings is 1. The largest absolute Gasteiger partial charge is 0.375 e. The molecular weight excluding hydrogens is 242 g/mol. The maximum absolute atomic E-state index is 5.42. The monoisotopic (exact) mass is 261 g/mol. The molecule has 4 heteroatoms. The molecule has 1 aromatic rings. The average molecular weight is 261 g/mol. The zero-order valence-electron chi connectivity index (χ0n) is 10.8. The first-order valence-corrected chi connectivity index (χ1v) is 6.72. The Labute approximate surface area is 113 Å². The maximum Gasteiger partial charge on any atom is 0.184 e. The summed E-state index contributed by atoms with van der Waals surface area (Å²) in [5.41, 5.74) is 11.7. The molecule has 96 valence electrons. The van der Waals surface area contributed by atoms with Crippen LogP contribution in [0.1, 0.15) is 43.7 Å². The normalized spacial score (nSPS) is 15.8. The summed E-state index contributed by atoms with van der Waals surface area (Å²) in [6.45, 7) is 4.39. The standard InChI is InChI=1S/C14H19N3S/c1-9(2)10-3-5-11(6-4-10)13(12-7-8-12)16-17-14(15)18/h3-6,9,12H,7-8H2,1-2H3,(H3,15,17,18). The van der Waals surface area contributed by atoms with Gasteiger partial charge in [0.15, 0.2) is 5.11 Å². The molecule has 0 aromatic heterocycles. The van der Waals surface area contributed by atoms with Crippen LogP contribution >= 0.6 is 12.2 Å². The molecule has 1 aliphatic carbocycles. The highest BCUT2D eigenvalue weighted by molar-refractivity contribution is 7.80. The van der Waals surface area contributed by atoms with Crippen LogP contribution in [0.3, 0.4) is 0 Å². The molecule has 0 aliphatic heterocycles. The quantitative estimate of drug-likeness (QED) is 0.498. The second-order valence-corrected chi connectivity index (χ2v) is 5.46. The third-order valence-corrected chi connectivity index (χ3v) is 3.21. The summed E-state index contributed by atoms with van der Waals surface area (Å²) >= 11 is 4.79. The first-order chi connectivity index (χ1) is 8.58. The van der Waals surface area contributed by atoms with Crippen molar-refractivity contribution in [2.24, 2.45) is 16.8 Å². The second-order valence-electron chi connectivity index (χ2n) is 5.02. The molecule has 3 nitrogen and oxygen atoms in total. The number of hydrazone groups is 1. The summed E-state index contributed by atoms with van der Waals surface area (Å²) in [5, 5.41) is 4.55. The molecule has 0 radical (unpaired) electrons. The fourth-order valence-electron chi connectivity index (χ4n) is 1.90. The molecule has 0 heterocycles. The predicted molar refractivity (Wildman–Crippen MR) is 79.7 cm³/mol. The Morgan fingerprint density at radius 2 is 1.94 bits per heavy atom. The molecule has 2 rings (SSSR count). The average Bonchev–Trinajstić information content (AvgIpc) is 3.14. The van der Waals surface area contributed by atoms with Gasteiger partial charge < -0.3 is 5.73 Å². The van der Waals surface area contributed by atoms with E-state index in [1.54, 1.807) is 0 Å². The van der Waals surface area contributed by atoms with Crippen molar-refractivity contribution < 1.29 is 0 Å². The van der Waals surface area contributed by atoms with Crippen LogP contribution < -0.4 is 11.2 Å². The zero-order chi connectivity index (χ0) is 13.1. The predicted octanol–water partition coefficient (Wildman–Crippen LogP) is 2.76. The molecule has 1 fully saturated rings. The molecule has 0 spiro atoms. The number of nitrogens with zero attached hydrogens (tertiary/aromatic N) is 1. The molecule has 0 amide bonds. The van der Waals surface area contributed by atoms with Gasteiger partial charge in [0.25, 0.3) is 0 Å². The van der Waals surface area contributed by atoms with Crippen molar-refractivity contribution >= 4 is 23.0 Å². The Morgan fingerprint density at radius 3 is 2.39 bits per heavy atom. The number of hydrogen-bond donors (Lipinski definition) is 2. The smallest absolute Gasteiger partial charge is 0.184 e. The molecule has 1 aromatic carbocycles. The lowest BCUT2D eigenvalue weighted by molar-refractivity contribution is 0.866. The molecule has 0 atom stereocenters. The van der Waals surface area contributed by atoms with Gasteiger partial charge in [-0.1, -0.05) is 38.1 Å². The minimum Gasteiger partial charge on any atom is -0.375 e. The van der Waals surface area contributed by atoms with Crippen molar-refractivity contribution in [3.63, 3.8) is 0 Å². The number of rotatable bonds is 4. The summed E-state index contributed by atoms with van der Waals surface area (Å²) in [6.07, 6.45) is 2.40. The van der Waals surface area contributed by atoms with E-state index in [1.807, 2.05) is 0 Å². The van der Waals surface area contributed by atoms with Crippen molar-refractivity contribution in [3.05, 3.63) is 35.4 Å². The molecule has 0 saturated heterocycles. The van der Waals surface area contributed by atoms with E-state index < -0.39 is 0 Å². The van der Waals surface area contributed by atoms with E-state index in [9.17, 15) is 0 Å². The van der Waals surface area contributed by atoms with Crippen molar-refractivity contribution in [1.82, 2.24) is 5.43 Å². The van der Waals surface area contributed by atoms with E-state index in [1.165, 1.54) is 18.4 Å². The molecule has 1 saturated carbocycles. The Bertz CT molecular complexity index is 458. The summed E-state index contributed by atoms with van der Waals surface area (Å²) in [4.78, 5) is 0. The Kier molecular flexibility index (Phi) is 3.97. The van der Waals surface area contributed by atoms with Crippen LogP contribution in [0, 0.1) is 5.92 Å². The molecule has 0 unspecified atom stereocenters. The first-order valence-electron chi connectivity index (χ1n) is 6.31. The lowest BCUT2D eigenvalue weighted by Crippen LogP contribution is -2.26. The maximum atomic E-state index is 5.42. The van der Waals surface area contributed by atoms with Gasteiger partial charge in [-0.15, -0.1) is 0 Å². The van der Waals surface area contributed by atoms with Crippen molar-refractivity contribution in [3.8, 4) is 0 Å². The van der Waals surface area contributed by atoms with E-state index in [4.69, 9.17) is 18.0 Å². The minimum atomic E-state index is 0.215. The van der Waals surface area contributed by atoms with Gasteiger partial charge in [0.05, 0.1) is 5.71 Å². The Morgan fingerprint density at radius 1 is 1.33 bits per heavy atom. The van der Waals surface area contributed by atoms with Gasteiger partial charge in [-0.2, -0.15) is 5.10 Å². The fraction of sp³-hybridized carbons (Fsp3) is 0.429. The van der Waals surface area contributed by atoms with Gasteiger partial charge >= 0.3 is 0 Å². The number of thiocarbonyl (C=S) groups is 1. The van der Waals surface area contributed by atoms with Crippen LogP contribution in [0.2, 0.25) is 0 Å². The third-order valence-electron chi connectivity index (χ3n) is 3.12. The van der Waals surface area contributed by atoms with Gasteiger partial charge in [-0.05, 0) is 42.1 Å². The molecule has 1 aliphatic rings. The van der Waals surface area contributed by atoms with E-state index in [-0.39, 0.29) is 5.11 Å². The molecule has 3 N–H and O–H groups in total. The van der Waals surface area contributed by atoms with Gasteiger partial charge in [0.1, 0.15) is 0 Å². The van der Waals surface area contributed by atoms with Crippen molar-refractivity contribution in [1.29, 1.82) is 0 Å². The summed E-state index contributed by atoms with van der Waals surface area (Å²) in [5.74, 6) is 1.10. The third kappa shape index (κ3) is 3.29. The zero-order valence-corrected chi connectivity index (χ0v) is 11.6. The molecule has 0 bridgehead atoms. The summed E-state index contributed by atoms with van der Waals surface area (Å²) in [7, 11) is 0. The Hall–Kier alpha value is -1.42. The van der Waals surface area contributed by atoms with Gasteiger partial charge in [0, 0.05) is 5.92 Å². The van der Waals surface area contributed by atoms with Crippen LogP contribution in [0.25, 0.3) is 0 Å². The van der Waals surface area contributed by atoms with Crippen LogP contribution in [0.15, 0.2) is 29.4 Å². The number of hydrogen-bond acceptors (Lipinski definition) is 2. The van der Waals surface area contributed by atoms with Crippen molar-refractivity contribution in [2.75, 3.05) is 0 Å². The first kappa shape index (κ1) is 13.0. The lowest BCUT2D eigenvalue weighted by Gasteiger charge is -2.09. The summed E-state index contributed by atoms with van der Waals surface area (Å²) in [6, 6.07) is 8.60. The highest BCUT2D eigenvalue weighted by atomic mass is 32.1. The van der Waals surface area contributed by atoms with Gasteiger partial charge in [0.2, 0.25) is 0 Å². The number of nitrogens with two attached hydrogens (primary N) is 1. The van der Waals surface area contributed by atoms with E-state index in [0.29, 0.717) is 11.8 Å². The van der Waals surface area contributed by atoms with Crippen LogP contribution in [-0.4, -0.2) is 10.8 Å². The highest BCUT2D eigenvalue weighted by Gasteiger charge is 2.28. The lowest BCUT2D eigenvalue weighted by atomic mass is 9.99. The van der Waals surface area contributed by atoms with Crippen molar-refractivity contribution in [2.45, 2.75) is 32.6 Å². The summed E-state index contributed by atoms with van der Waals surface area (Å²) < 4.78 is 0. The van der Waals surface area contributed by atoms with Gasteiger partial charge in [-0.25, -0.2) is 0 Å². The van der Waals surface area contributed by atoms with E-state index in [2.05, 4.69) is 48.6 Å². The van der Waals surface area contributed by atoms with Crippen LogP contribution in [-0.2, 0) is 0 Å². The van der Waals surface area contributed by atoms with Crippen LogP contribution in [0.4, 0.5) is 0 Å². The Balaban J connectivity index is 2.20. The van der Waals surface area contributed by atoms with Gasteiger partial charge in [-0.3, -0.25) is 5.43 Å². The number of nitrogens with one attached hydrogen (secondary N) is 1. The van der Waals surface area contributed by atoms with Crippen LogP contribution in [0.5, 0.6) is 0 Å².